The first-order valence-corrected chi connectivity index (χ1v) is 13.1. The number of likely N-dealkylation sites (tertiary alicyclic amines) is 1. The van der Waals surface area contributed by atoms with Crippen LogP contribution in [0.25, 0.3) is 0 Å². The summed E-state index contributed by atoms with van der Waals surface area (Å²) in [7, 11) is 0. The van der Waals surface area contributed by atoms with Crippen LogP contribution in [-0.4, -0.2) is 78.9 Å². The molecule has 1 N–H and O–H groups in total. The van der Waals surface area contributed by atoms with E-state index in [1.54, 1.807) is 23.5 Å². The van der Waals surface area contributed by atoms with Crippen molar-refractivity contribution >= 4 is 23.2 Å². The highest BCUT2D eigenvalue weighted by molar-refractivity contribution is 7.10. The molecule has 0 spiro atoms. The summed E-state index contributed by atoms with van der Waals surface area (Å²) in [6, 6.07) is 9.94. The Labute approximate surface area is 205 Å². The number of nitrogens with zero attached hydrogens (tertiary/aromatic N) is 3. The molecule has 2 amide bonds. The van der Waals surface area contributed by atoms with Crippen LogP contribution in [0.4, 0.5) is 4.39 Å². The van der Waals surface area contributed by atoms with Crippen molar-refractivity contribution in [3.8, 4) is 0 Å². The second-order valence-corrected chi connectivity index (χ2v) is 10.8. The average Bonchev–Trinajstić information content (AvgIpc) is 3.33. The van der Waals surface area contributed by atoms with Gasteiger partial charge in [-0.3, -0.25) is 19.4 Å². The molecule has 2 aliphatic rings. The lowest BCUT2D eigenvalue weighted by Gasteiger charge is -2.38. The molecular weight excluding hydrogens is 451 g/mol. The van der Waals surface area contributed by atoms with E-state index in [1.807, 2.05) is 22.4 Å². The SMILES string of the molecule is C[C@@H]1C[C@H](C)CN(C(=O)CN2CCN(CC(=O)N[C@@H](c3ccc(F)cc3)c3cccs3)CC2)C1. The van der Waals surface area contributed by atoms with E-state index in [0.29, 0.717) is 24.9 Å². The molecule has 0 aliphatic carbocycles. The number of carbonyl (C=O) groups excluding carboxylic acids is 2. The van der Waals surface area contributed by atoms with Crippen LogP contribution in [0.3, 0.4) is 0 Å². The van der Waals surface area contributed by atoms with E-state index in [9.17, 15) is 14.0 Å². The van der Waals surface area contributed by atoms with Crippen LogP contribution in [0.2, 0.25) is 0 Å². The lowest BCUT2D eigenvalue weighted by Crippen LogP contribution is -2.53. The highest BCUT2D eigenvalue weighted by Gasteiger charge is 2.28. The molecule has 0 radical (unpaired) electrons. The van der Waals surface area contributed by atoms with Crippen molar-refractivity contribution in [2.75, 3.05) is 52.4 Å². The number of hydrogen-bond donors (Lipinski definition) is 1. The minimum atomic E-state index is -0.291. The van der Waals surface area contributed by atoms with Crippen molar-refractivity contribution in [1.29, 1.82) is 0 Å². The summed E-state index contributed by atoms with van der Waals surface area (Å²) in [6.45, 7) is 10.0. The molecule has 0 bridgehead atoms. The van der Waals surface area contributed by atoms with Crippen LogP contribution < -0.4 is 5.32 Å². The Kier molecular flexibility index (Phi) is 8.34. The van der Waals surface area contributed by atoms with Gasteiger partial charge in [0.1, 0.15) is 5.82 Å². The van der Waals surface area contributed by atoms with Crippen LogP contribution in [0.5, 0.6) is 0 Å². The summed E-state index contributed by atoms with van der Waals surface area (Å²) in [5, 5.41) is 5.11. The third-order valence-corrected chi connectivity index (χ3v) is 7.69. The molecule has 2 aliphatic heterocycles. The van der Waals surface area contributed by atoms with Crippen molar-refractivity contribution in [3.05, 3.63) is 58.0 Å². The van der Waals surface area contributed by atoms with Crippen LogP contribution in [0, 0.1) is 17.7 Å². The molecule has 0 unspecified atom stereocenters. The fourth-order valence-electron chi connectivity index (χ4n) is 5.10. The van der Waals surface area contributed by atoms with Gasteiger partial charge in [-0.25, -0.2) is 4.39 Å². The van der Waals surface area contributed by atoms with Gasteiger partial charge in [0.2, 0.25) is 11.8 Å². The molecular formula is C26H35FN4O2S. The fourth-order valence-corrected chi connectivity index (χ4v) is 5.91. The lowest BCUT2D eigenvalue weighted by molar-refractivity contribution is -0.135. The molecule has 34 heavy (non-hydrogen) atoms. The Morgan fingerprint density at radius 2 is 1.62 bits per heavy atom. The van der Waals surface area contributed by atoms with Gasteiger partial charge >= 0.3 is 0 Å². The Morgan fingerprint density at radius 1 is 1.00 bits per heavy atom. The maximum absolute atomic E-state index is 13.4. The van der Waals surface area contributed by atoms with Crippen molar-refractivity contribution in [2.24, 2.45) is 11.8 Å². The predicted octanol–water partition coefficient (Wildman–Crippen LogP) is 3.21. The Hall–Kier alpha value is -2.29. The summed E-state index contributed by atoms with van der Waals surface area (Å²) in [5.41, 5.74) is 0.863. The standard InChI is InChI=1S/C26H35FN4O2S/c1-19-14-20(2)16-31(15-19)25(33)18-30-11-9-29(10-12-30)17-24(32)28-26(23-4-3-13-34-23)21-5-7-22(27)8-6-21/h3-8,13,19-20,26H,9-12,14-18H2,1-2H3,(H,28,32)/t19-,20+,26-/m0/s1. The molecule has 2 saturated heterocycles. The summed E-state index contributed by atoms with van der Waals surface area (Å²) >= 11 is 1.57. The van der Waals surface area contributed by atoms with Crippen LogP contribution in [0.1, 0.15) is 36.8 Å². The molecule has 4 rings (SSSR count). The molecule has 1 aromatic heterocycles. The number of hydrogen-bond acceptors (Lipinski definition) is 5. The van der Waals surface area contributed by atoms with E-state index in [-0.39, 0.29) is 23.7 Å². The van der Waals surface area contributed by atoms with E-state index in [0.717, 1.165) is 49.7 Å². The zero-order valence-corrected chi connectivity index (χ0v) is 20.9. The first-order chi connectivity index (χ1) is 16.4. The number of thiophene rings is 1. The summed E-state index contributed by atoms with van der Waals surface area (Å²) in [5.74, 6) is 1.01. The minimum absolute atomic E-state index is 0.0523. The zero-order chi connectivity index (χ0) is 24.1. The molecule has 3 heterocycles. The summed E-state index contributed by atoms with van der Waals surface area (Å²) in [4.78, 5) is 33.1. The number of nitrogens with one attached hydrogen (secondary N) is 1. The maximum atomic E-state index is 13.4. The van der Waals surface area contributed by atoms with Gasteiger partial charge in [-0.2, -0.15) is 0 Å². The average molecular weight is 487 g/mol. The molecule has 6 nitrogen and oxygen atoms in total. The van der Waals surface area contributed by atoms with E-state index in [1.165, 1.54) is 18.6 Å². The highest BCUT2D eigenvalue weighted by atomic mass is 32.1. The van der Waals surface area contributed by atoms with Gasteiger partial charge in [0.15, 0.2) is 0 Å². The van der Waals surface area contributed by atoms with E-state index < -0.39 is 0 Å². The second-order valence-electron chi connectivity index (χ2n) is 9.86. The quantitative estimate of drug-likeness (QED) is 0.653. The molecule has 2 aromatic rings. The molecule has 8 heteroatoms. The summed E-state index contributed by atoms with van der Waals surface area (Å²) in [6.07, 6.45) is 1.19. The number of halogens is 1. The van der Waals surface area contributed by atoms with Gasteiger partial charge < -0.3 is 10.2 Å². The monoisotopic (exact) mass is 486 g/mol. The maximum Gasteiger partial charge on any atom is 0.236 e. The lowest BCUT2D eigenvalue weighted by atomic mass is 9.92. The van der Waals surface area contributed by atoms with E-state index in [4.69, 9.17) is 0 Å². The Balaban J connectivity index is 1.26. The van der Waals surface area contributed by atoms with Crippen molar-refractivity contribution in [3.63, 3.8) is 0 Å². The van der Waals surface area contributed by atoms with Gasteiger partial charge in [0, 0.05) is 44.1 Å². The molecule has 0 saturated carbocycles. The van der Waals surface area contributed by atoms with Crippen molar-refractivity contribution in [2.45, 2.75) is 26.3 Å². The fraction of sp³-hybridized carbons (Fsp3) is 0.538. The summed E-state index contributed by atoms with van der Waals surface area (Å²) < 4.78 is 13.4. The van der Waals surface area contributed by atoms with Crippen molar-refractivity contribution in [1.82, 2.24) is 20.0 Å². The van der Waals surface area contributed by atoms with Gasteiger partial charge in [0.25, 0.3) is 0 Å². The third kappa shape index (κ3) is 6.64. The smallest absolute Gasteiger partial charge is 0.236 e. The van der Waals surface area contributed by atoms with Crippen molar-refractivity contribution < 1.29 is 14.0 Å². The van der Waals surface area contributed by atoms with Gasteiger partial charge in [-0.1, -0.05) is 32.0 Å². The van der Waals surface area contributed by atoms with Gasteiger partial charge in [0.05, 0.1) is 19.1 Å². The number of amides is 2. The predicted molar refractivity (Wildman–Crippen MR) is 133 cm³/mol. The van der Waals surface area contributed by atoms with E-state index in [2.05, 4.69) is 29.0 Å². The van der Waals surface area contributed by atoms with Crippen LogP contribution in [0.15, 0.2) is 41.8 Å². The van der Waals surface area contributed by atoms with E-state index >= 15 is 0 Å². The highest BCUT2D eigenvalue weighted by Crippen LogP contribution is 2.26. The Morgan fingerprint density at radius 3 is 2.21 bits per heavy atom. The molecule has 184 valence electrons. The minimum Gasteiger partial charge on any atom is -0.343 e. The molecule has 3 atom stereocenters. The van der Waals surface area contributed by atoms with Gasteiger partial charge in [-0.05, 0) is 47.4 Å². The first kappa shape index (κ1) is 24.8. The first-order valence-electron chi connectivity index (χ1n) is 12.2. The number of rotatable bonds is 7. The number of piperazine rings is 1. The molecule has 1 aromatic carbocycles. The number of benzene rings is 1. The van der Waals surface area contributed by atoms with Crippen LogP contribution in [-0.2, 0) is 9.59 Å². The van der Waals surface area contributed by atoms with Gasteiger partial charge in [-0.15, -0.1) is 11.3 Å². The third-order valence-electron chi connectivity index (χ3n) is 6.75. The topological polar surface area (TPSA) is 55.9 Å². The molecule has 2 fully saturated rings. The second kappa shape index (κ2) is 11.4. The Bertz CT molecular complexity index is 934. The normalized spacial score (nSPS) is 23.0. The number of carbonyl (C=O) groups is 2. The zero-order valence-electron chi connectivity index (χ0n) is 20.1. The largest absolute Gasteiger partial charge is 0.343 e. The van der Waals surface area contributed by atoms with Crippen LogP contribution >= 0.6 is 11.3 Å². The number of piperidine rings is 1.